The zero-order chi connectivity index (χ0) is 19.4. The van der Waals surface area contributed by atoms with Gasteiger partial charge in [-0.05, 0) is 83.6 Å². The molecule has 0 radical (unpaired) electrons. The maximum absolute atomic E-state index is 12.5. The smallest absolute Gasteiger partial charge is 0.255 e. The van der Waals surface area contributed by atoms with Crippen molar-refractivity contribution in [3.63, 3.8) is 0 Å². The molecule has 0 atom stereocenters. The molecule has 1 heterocycles. The van der Waals surface area contributed by atoms with E-state index in [9.17, 15) is 13.2 Å². The van der Waals surface area contributed by atoms with Gasteiger partial charge in [-0.1, -0.05) is 6.07 Å². The van der Waals surface area contributed by atoms with Crippen LogP contribution in [0.1, 0.15) is 21.7 Å². The molecule has 0 aliphatic rings. The average Bonchev–Trinajstić information content (AvgIpc) is 3.16. The van der Waals surface area contributed by atoms with Gasteiger partial charge >= 0.3 is 0 Å². The van der Waals surface area contributed by atoms with Crippen LogP contribution in [0.2, 0.25) is 0 Å². The summed E-state index contributed by atoms with van der Waals surface area (Å²) in [5.41, 5.74) is 1.87. The fourth-order valence-corrected chi connectivity index (χ4v) is 4.11. The molecule has 0 saturated heterocycles. The monoisotopic (exact) mass is 496 g/mol. The topological polar surface area (TPSA) is 88.4 Å². The third-order valence-electron chi connectivity index (χ3n) is 3.86. The van der Waals surface area contributed by atoms with E-state index in [1.807, 2.05) is 25.1 Å². The van der Waals surface area contributed by atoms with Crippen LogP contribution in [-0.4, -0.2) is 14.3 Å². The van der Waals surface area contributed by atoms with Gasteiger partial charge in [0.2, 0.25) is 10.0 Å². The Morgan fingerprint density at radius 2 is 1.93 bits per heavy atom. The van der Waals surface area contributed by atoms with Crippen molar-refractivity contribution < 1.29 is 17.6 Å². The van der Waals surface area contributed by atoms with Crippen LogP contribution in [-0.2, 0) is 16.6 Å². The lowest BCUT2D eigenvalue weighted by Crippen LogP contribution is -2.23. The highest BCUT2D eigenvalue weighted by atomic mass is 127. The van der Waals surface area contributed by atoms with Crippen LogP contribution in [0, 0.1) is 10.5 Å². The summed E-state index contributed by atoms with van der Waals surface area (Å²) in [7, 11) is -3.77. The fraction of sp³-hybridized carbons (Fsp3) is 0.105. The van der Waals surface area contributed by atoms with E-state index in [1.54, 1.807) is 18.2 Å². The number of rotatable bonds is 6. The molecule has 27 heavy (non-hydrogen) atoms. The minimum atomic E-state index is -3.77. The first-order chi connectivity index (χ1) is 12.8. The quantitative estimate of drug-likeness (QED) is 0.507. The first-order valence-electron chi connectivity index (χ1n) is 8.05. The van der Waals surface area contributed by atoms with Crippen LogP contribution in [0.25, 0.3) is 0 Å². The van der Waals surface area contributed by atoms with E-state index in [0.717, 1.165) is 9.13 Å². The number of nitrogens with one attached hydrogen (secondary N) is 2. The molecule has 0 fully saturated rings. The number of anilines is 1. The Balaban J connectivity index is 1.76. The van der Waals surface area contributed by atoms with Gasteiger partial charge in [0, 0.05) is 14.8 Å². The molecule has 0 saturated carbocycles. The highest BCUT2D eigenvalue weighted by Crippen LogP contribution is 2.19. The molecule has 8 heteroatoms. The number of benzene rings is 2. The summed E-state index contributed by atoms with van der Waals surface area (Å²) in [4.78, 5) is 12.5. The Bertz CT molecular complexity index is 1060. The molecule has 0 unspecified atom stereocenters. The van der Waals surface area contributed by atoms with Crippen LogP contribution in [0.4, 0.5) is 5.69 Å². The summed E-state index contributed by atoms with van der Waals surface area (Å²) in [6.07, 6.45) is 1.47. The number of aryl methyl sites for hydroxylation is 1. The van der Waals surface area contributed by atoms with Gasteiger partial charge in [-0.2, -0.15) is 0 Å². The number of hydrogen-bond donors (Lipinski definition) is 2. The zero-order valence-electron chi connectivity index (χ0n) is 14.4. The molecule has 3 rings (SSSR count). The summed E-state index contributed by atoms with van der Waals surface area (Å²) in [5.74, 6) is 0.129. The summed E-state index contributed by atoms with van der Waals surface area (Å²) in [6, 6.07) is 14.9. The second kappa shape index (κ2) is 8.24. The van der Waals surface area contributed by atoms with E-state index >= 15 is 0 Å². The molecular formula is C19H17IN2O4S. The molecule has 0 aliphatic heterocycles. The normalized spacial score (nSPS) is 11.3. The minimum absolute atomic E-state index is 0.0149. The lowest BCUT2D eigenvalue weighted by Gasteiger charge is -2.10. The number of carbonyl (C=O) groups is 1. The van der Waals surface area contributed by atoms with Gasteiger partial charge in [-0.3, -0.25) is 4.79 Å². The highest BCUT2D eigenvalue weighted by molar-refractivity contribution is 14.1. The summed E-state index contributed by atoms with van der Waals surface area (Å²) in [6.45, 7) is 1.94. The number of amides is 1. The number of halogens is 1. The second-order valence-corrected chi connectivity index (χ2v) is 8.86. The Morgan fingerprint density at radius 3 is 2.63 bits per heavy atom. The molecule has 1 aromatic heterocycles. The van der Waals surface area contributed by atoms with Crippen LogP contribution >= 0.6 is 22.6 Å². The largest absolute Gasteiger partial charge is 0.468 e. The van der Waals surface area contributed by atoms with E-state index in [-0.39, 0.29) is 22.9 Å². The standard InChI is InChI=1S/C19H17IN2O4S/c1-13-10-15(20)7-8-18(13)22-19(23)14-4-2-6-17(11-14)27(24,25)21-12-16-5-3-9-26-16/h2-11,21H,12H2,1H3,(H,22,23). The van der Waals surface area contributed by atoms with Crippen LogP contribution in [0.15, 0.2) is 70.2 Å². The van der Waals surface area contributed by atoms with Crippen molar-refractivity contribution in [3.8, 4) is 0 Å². The summed E-state index contributed by atoms with van der Waals surface area (Å²) in [5, 5.41) is 2.81. The first-order valence-corrected chi connectivity index (χ1v) is 10.6. The zero-order valence-corrected chi connectivity index (χ0v) is 17.4. The molecule has 0 spiro atoms. The molecule has 2 N–H and O–H groups in total. The molecular weight excluding hydrogens is 479 g/mol. The van der Waals surface area contributed by atoms with Crippen molar-refractivity contribution in [2.45, 2.75) is 18.4 Å². The lowest BCUT2D eigenvalue weighted by atomic mass is 10.1. The number of hydrogen-bond acceptors (Lipinski definition) is 4. The van der Waals surface area contributed by atoms with Gasteiger partial charge in [-0.25, -0.2) is 13.1 Å². The summed E-state index contributed by atoms with van der Waals surface area (Å²) >= 11 is 2.20. The van der Waals surface area contributed by atoms with Gasteiger partial charge in [0.15, 0.2) is 0 Å². The molecule has 3 aromatic rings. The van der Waals surface area contributed by atoms with Crippen LogP contribution in [0.5, 0.6) is 0 Å². The summed E-state index contributed by atoms with van der Waals surface area (Å²) < 4.78 is 33.6. The van der Waals surface area contributed by atoms with E-state index in [0.29, 0.717) is 11.4 Å². The maximum atomic E-state index is 12.5. The predicted molar refractivity (Wildman–Crippen MR) is 111 cm³/mol. The van der Waals surface area contributed by atoms with Gasteiger partial charge in [-0.15, -0.1) is 0 Å². The Kier molecular flexibility index (Phi) is 5.98. The second-order valence-electron chi connectivity index (χ2n) is 5.85. The first kappa shape index (κ1) is 19.6. The third kappa shape index (κ3) is 4.96. The number of sulfonamides is 1. The number of carbonyl (C=O) groups excluding carboxylic acids is 1. The van der Waals surface area contributed by atoms with E-state index < -0.39 is 10.0 Å². The van der Waals surface area contributed by atoms with Crippen LogP contribution < -0.4 is 10.0 Å². The molecule has 6 nitrogen and oxygen atoms in total. The van der Waals surface area contributed by atoms with Gasteiger partial charge in [0.1, 0.15) is 5.76 Å². The highest BCUT2D eigenvalue weighted by Gasteiger charge is 2.17. The molecule has 0 bridgehead atoms. The molecule has 0 aliphatic carbocycles. The van der Waals surface area contributed by atoms with Crippen LogP contribution in [0.3, 0.4) is 0 Å². The Morgan fingerprint density at radius 1 is 1.11 bits per heavy atom. The van der Waals surface area contributed by atoms with Gasteiger partial charge in [0.25, 0.3) is 5.91 Å². The van der Waals surface area contributed by atoms with Crippen molar-refractivity contribution in [1.29, 1.82) is 0 Å². The van der Waals surface area contributed by atoms with Crippen molar-refractivity contribution in [2.75, 3.05) is 5.32 Å². The maximum Gasteiger partial charge on any atom is 0.255 e. The fourth-order valence-electron chi connectivity index (χ4n) is 2.43. The number of furan rings is 1. The van der Waals surface area contributed by atoms with E-state index in [2.05, 4.69) is 32.6 Å². The van der Waals surface area contributed by atoms with E-state index in [4.69, 9.17) is 4.42 Å². The van der Waals surface area contributed by atoms with E-state index in [1.165, 1.54) is 24.5 Å². The molecule has 2 aromatic carbocycles. The average molecular weight is 496 g/mol. The van der Waals surface area contributed by atoms with Gasteiger partial charge in [0.05, 0.1) is 17.7 Å². The van der Waals surface area contributed by atoms with Crippen molar-refractivity contribution in [3.05, 3.63) is 81.3 Å². The Hall–Kier alpha value is -2.17. The van der Waals surface area contributed by atoms with Gasteiger partial charge < -0.3 is 9.73 Å². The third-order valence-corrected chi connectivity index (χ3v) is 5.93. The molecule has 140 valence electrons. The van der Waals surface area contributed by atoms with Crippen molar-refractivity contribution in [1.82, 2.24) is 4.72 Å². The Labute approximate surface area is 171 Å². The van der Waals surface area contributed by atoms with Crippen molar-refractivity contribution in [2.24, 2.45) is 0 Å². The SMILES string of the molecule is Cc1cc(I)ccc1NC(=O)c1cccc(S(=O)(=O)NCc2ccco2)c1. The minimum Gasteiger partial charge on any atom is -0.468 e. The lowest BCUT2D eigenvalue weighted by molar-refractivity contribution is 0.102. The van der Waals surface area contributed by atoms with Crippen molar-refractivity contribution >= 4 is 44.2 Å². The predicted octanol–water partition coefficient (Wildman–Crippen LogP) is 3.92. The molecule has 1 amide bonds.